The fourth-order valence-corrected chi connectivity index (χ4v) is 3.92. The van der Waals surface area contributed by atoms with Gasteiger partial charge in [0.15, 0.2) is 11.6 Å². The highest BCUT2D eigenvalue weighted by Gasteiger charge is 2.40. The lowest BCUT2D eigenvalue weighted by Crippen LogP contribution is -2.47. The third-order valence-electron chi connectivity index (χ3n) is 5.21. The molecule has 0 saturated carbocycles. The molecule has 1 aliphatic rings. The predicted octanol–water partition coefficient (Wildman–Crippen LogP) is 4.88. The molecule has 3 rings (SSSR count). The molecule has 0 amide bonds. The van der Waals surface area contributed by atoms with Crippen LogP contribution in [-0.4, -0.2) is 35.7 Å². The van der Waals surface area contributed by atoms with Crippen molar-refractivity contribution in [3.05, 3.63) is 65.0 Å². The van der Waals surface area contributed by atoms with Gasteiger partial charge in [-0.3, -0.25) is 9.69 Å². The second-order valence-electron chi connectivity index (χ2n) is 6.97. The minimum Gasteiger partial charge on any atom is -0.494 e. The Balaban J connectivity index is 2.20. The van der Waals surface area contributed by atoms with Crippen LogP contribution in [0.25, 0.3) is 0 Å². The number of benzene rings is 2. The standard InChI is InChI=1S/C21H21F4NO3/c1-29-18-10-9-13(12-16(18)22)19(26-11-5-4-8-17(26)20(27)28)14-6-2-3-7-15(14)21(23,24)25/h2-3,6-7,9-10,12,17,19H,4-5,8,11H2,1H3,(H,27,28). The maximum atomic E-state index is 14.4. The van der Waals surface area contributed by atoms with Crippen molar-refractivity contribution >= 4 is 5.97 Å². The monoisotopic (exact) mass is 411 g/mol. The molecule has 0 aliphatic carbocycles. The maximum Gasteiger partial charge on any atom is 0.416 e. The summed E-state index contributed by atoms with van der Waals surface area (Å²) in [6.07, 6.45) is -3.00. The Hall–Kier alpha value is -2.61. The molecule has 1 N–H and O–H groups in total. The van der Waals surface area contributed by atoms with Gasteiger partial charge in [-0.2, -0.15) is 13.2 Å². The maximum absolute atomic E-state index is 14.4. The Morgan fingerprint density at radius 2 is 1.93 bits per heavy atom. The van der Waals surface area contributed by atoms with Crippen molar-refractivity contribution in [1.29, 1.82) is 0 Å². The van der Waals surface area contributed by atoms with Crippen LogP contribution in [0.1, 0.15) is 42.0 Å². The largest absolute Gasteiger partial charge is 0.494 e. The van der Waals surface area contributed by atoms with Crippen molar-refractivity contribution in [2.45, 2.75) is 37.5 Å². The van der Waals surface area contributed by atoms with Gasteiger partial charge in [0.25, 0.3) is 0 Å². The van der Waals surface area contributed by atoms with Crippen LogP contribution in [0.2, 0.25) is 0 Å². The summed E-state index contributed by atoms with van der Waals surface area (Å²) in [5, 5.41) is 9.66. The van der Waals surface area contributed by atoms with Crippen LogP contribution in [0.5, 0.6) is 5.75 Å². The quantitative estimate of drug-likeness (QED) is 0.713. The molecule has 1 fully saturated rings. The summed E-state index contributed by atoms with van der Waals surface area (Å²) in [5.41, 5.74) is -0.721. The van der Waals surface area contributed by atoms with Crippen LogP contribution in [-0.2, 0) is 11.0 Å². The predicted molar refractivity (Wildman–Crippen MR) is 98.2 cm³/mol. The number of likely N-dealkylation sites (tertiary alicyclic amines) is 1. The number of hydrogen-bond acceptors (Lipinski definition) is 3. The number of ether oxygens (including phenoxy) is 1. The van der Waals surface area contributed by atoms with E-state index in [-0.39, 0.29) is 16.9 Å². The molecule has 0 aromatic heterocycles. The van der Waals surface area contributed by atoms with Crippen LogP contribution in [0.15, 0.2) is 42.5 Å². The van der Waals surface area contributed by atoms with Crippen molar-refractivity contribution in [2.75, 3.05) is 13.7 Å². The van der Waals surface area contributed by atoms with Gasteiger partial charge >= 0.3 is 12.1 Å². The molecular formula is C21H21F4NO3. The van der Waals surface area contributed by atoms with E-state index >= 15 is 0 Å². The SMILES string of the molecule is COc1ccc(C(c2ccccc2C(F)(F)F)N2CCCCC2C(=O)O)cc1F. The summed E-state index contributed by atoms with van der Waals surface area (Å²) in [7, 11) is 1.29. The number of hydrogen-bond donors (Lipinski definition) is 1. The minimum atomic E-state index is -4.63. The Morgan fingerprint density at radius 1 is 1.21 bits per heavy atom. The number of alkyl halides is 3. The zero-order valence-corrected chi connectivity index (χ0v) is 15.7. The first-order chi connectivity index (χ1) is 13.7. The Labute approximate surface area is 165 Å². The Bertz CT molecular complexity index is 884. The highest BCUT2D eigenvalue weighted by molar-refractivity contribution is 5.73. The van der Waals surface area contributed by atoms with E-state index in [1.54, 1.807) is 0 Å². The summed E-state index contributed by atoms with van der Waals surface area (Å²) < 4.78 is 60.5. The smallest absolute Gasteiger partial charge is 0.416 e. The van der Waals surface area contributed by atoms with E-state index < -0.39 is 35.6 Å². The van der Waals surface area contributed by atoms with Gasteiger partial charge in [0.05, 0.1) is 18.7 Å². The van der Waals surface area contributed by atoms with Crippen molar-refractivity contribution in [2.24, 2.45) is 0 Å². The molecule has 0 radical (unpaired) electrons. The average molecular weight is 411 g/mol. The topological polar surface area (TPSA) is 49.8 Å². The number of aliphatic carboxylic acids is 1. The van der Waals surface area contributed by atoms with Crippen LogP contribution >= 0.6 is 0 Å². The number of rotatable bonds is 5. The van der Waals surface area contributed by atoms with Gasteiger partial charge in [-0.05, 0) is 48.7 Å². The van der Waals surface area contributed by atoms with Crippen molar-refractivity contribution in [3.8, 4) is 5.75 Å². The number of carboxylic acids is 1. The molecule has 2 atom stereocenters. The van der Waals surface area contributed by atoms with Gasteiger partial charge in [0.2, 0.25) is 0 Å². The number of nitrogens with zero attached hydrogens (tertiary/aromatic N) is 1. The number of methoxy groups -OCH3 is 1. The summed E-state index contributed by atoms with van der Waals surface area (Å²) in [6, 6.07) is 6.95. The fraction of sp³-hybridized carbons (Fsp3) is 0.381. The molecule has 1 heterocycles. The van der Waals surface area contributed by atoms with E-state index in [0.717, 1.165) is 12.1 Å². The average Bonchev–Trinajstić information content (AvgIpc) is 2.68. The van der Waals surface area contributed by atoms with Crippen LogP contribution in [0, 0.1) is 5.82 Å². The second-order valence-corrected chi connectivity index (χ2v) is 6.97. The molecule has 156 valence electrons. The molecule has 0 spiro atoms. The van der Waals surface area contributed by atoms with Crippen molar-refractivity contribution < 1.29 is 32.2 Å². The second kappa shape index (κ2) is 8.41. The van der Waals surface area contributed by atoms with Crippen LogP contribution in [0.4, 0.5) is 17.6 Å². The first kappa shape index (κ1) is 21.1. The lowest BCUT2D eigenvalue weighted by atomic mass is 9.89. The highest BCUT2D eigenvalue weighted by atomic mass is 19.4. The number of carbonyl (C=O) groups is 1. The van der Waals surface area contributed by atoms with Gasteiger partial charge < -0.3 is 9.84 Å². The molecule has 8 heteroatoms. The van der Waals surface area contributed by atoms with Gasteiger partial charge in [0, 0.05) is 0 Å². The summed E-state index contributed by atoms with van der Waals surface area (Å²) in [6.45, 7) is 0.293. The minimum absolute atomic E-state index is 0.0370. The Morgan fingerprint density at radius 3 is 2.55 bits per heavy atom. The first-order valence-electron chi connectivity index (χ1n) is 9.22. The van der Waals surface area contributed by atoms with Crippen molar-refractivity contribution in [1.82, 2.24) is 4.90 Å². The Kier molecular flexibility index (Phi) is 6.12. The molecule has 4 nitrogen and oxygen atoms in total. The molecule has 1 saturated heterocycles. The zero-order chi connectivity index (χ0) is 21.2. The van der Waals surface area contributed by atoms with Gasteiger partial charge in [0.1, 0.15) is 6.04 Å². The lowest BCUT2D eigenvalue weighted by Gasteiger charge is -2.40. The summed E-state index contributed by atoms with van der Waals surface area (Å²) in [4.78, 5) is 13.3. The third kappa shape index (κ3) is 4.37. The molecule has 2 aromatic carbocycles. The molecule has 2 unspecified atom stereocenters. The molecular weight excluding hydrogens is 390 g/mol. The van der Waals surface area contributed by atoms with E-state index in [0.29, 0.717) is 25.8 Å². The third-order valence-corrected chi connectivity index (χ3v) is 5.21. The van der Waals surface area contributed by atoms with Gasteiger partial charge in [-0.1, -0.05) is 30.7 Å². The lowest BCUT2D eigenvalue weighted by molar-refractivity contribution is -0.145. The van der Waals surface area contributed by atoms with E-state index in [4.69, 9.17) is 4.74 Å². The van der Waals surface area contributed by atoms with Gasteiger partial charge in [-0.15, -0.1) is 0 Å². The molecule has 1 aliphatic heterocycles. The fourth-order valence-electron chi connectivity index (χ4n) is 3.92. The van der Waals surface area contributed by atoms with Crippen LogP contribution in [0.3, 0.4) is 0 Å². The molecule has 2 aromatic rings. The van der Waals surface area contributed by atoms with E-state index in [2.05, 4.69) is 0 Å². The van der Waals surface area contributed by atoms with E-state index in [1.807, 2.05) is 0 Å². The van der Waals surface area contributed by atoms with Crippen molar-refractivity contribution in [3.63, 3.8) is 0 Å². The molecule has 29 heavy (non-hydrogen) atoms. The highest BCUT2D eigenvalue weighted by Crippen LogP contribution is 2.41. The van der Waals surface area contributed by atoms with E-state index in [9.17, 15) is 27.5 Å². The number of carboxylic acid groups (broad SMARTS) is 1. The first-order valence-corrected chi connectivity index (χ1v) is 9.22. The van der Waals surface area contributed by atoms with Crippen LogP contribution < -0.4 is 4.74 Å². The summed E-state index contributed by atoms with van der Waals surface area (Å²) >= 11 is 0. The number of halogens is 4. The zero-order valence-electron chi connectivity index (χ0n) is 15.7. The normalized spacial score (nSPS) is 19.0. The molecule has 0 bridgehead atoms. The summed E-state index contributed by atoms with van der Waals surface area (Å²) in [5.74, 6) is -1.86. The van der Waals surface area contributed by atoms with E-state index in [1.165, 1.54) is 42.3 Å². The van der Waals surface area contributed by atoms with Gasteiger partial charge in [-0.25, -0.2) is 4.39 Å². The number of piperidine rings is 1.